The maximum absolute atomic E-state index is 12.9. The van der Waals surface area contributed by atoms with Crippen LogP contribution in [-0.4, -0.2) is 71.6 Å². The molecule has 2 N–H and O–H groups in total. The van der Waals surface area contributed by atoms with Crippen molar-refractivity contribution in [1.29, 1.82) is 0 Å². The first-order chi connectivity index (χ1) is 13.2. The first-order valence-electron chi connectivity index (χ1n) is 9.17. The van der Waals surface area contributed by atoms with Gasteiger partial charge in [-0.05, 0) is 18.2 Å². The number of hydrogen-bond donors (Lipinski definition) is 2. The molecular formula is C19H24ClN5O3. The Morgan fingerprint density at radius 1 is 1.11 bits per heavy atom. The summed E-state index contributed by atoms with van der Waals surface area (Å²) in [6, 6.07) is 7.14. The van der Waals surface area contributed by atoms with Gasteiger partial charge >= 0.3 is 0 Å². The molecule has 4 rings (SSSR count). The number of rotatable bonds is 3. The molecule has 0 aliphatic carbocycles. The van der Waals surface area contributed by atoms with Crippen LogP contribution in [0, 0.1) is 0 Å². The van der Waals surface area contributed by atoms with Crippen LogP contribution in [0.4, 0.5) is 0 Å². The molecule has 0 atom stereocenters. The zero-order valence-corrected chi connectivity index (χ0v) is 16.6. The van der Waals surface area contributed by atoms with Crippen molar-refractivity contribution in [2.24, 2.45) is 0 Å². The Morgan fingerprint density at radius 2 is 1.82 bits per heavy atom. The smallest absolute Gasteiger partial charge is 0.274 e. The van der Waals surface area contributed by atoms with Gasteiger partial charge in [-0.15, -0.1) is 12.4 Å². The van der Waals surface area contributed by atoms with E-state index in [4.69, 9.17) is 4.74 Å². The molecule has 0 spiro atoms. The second kappa shape index (κ2) is 8.62. The summed E-state index contributed by atoms with van der Waals surface area (Å²) in [5.41, 5.74) is 3.12. The van der Waals surface area contributed by atoms with E-state index in [9.17, 15) is 9.59 Å². The van der Waals surface area contributed by atoms with Gasteiger partial charge in [-0.2, -0.15) is 5.10 Å². The molecule has 2 aromatic rings. The third kappa shape index (κ3) is 3.83. The Bertz CT molecular complexity index is 861. The number of carbonyl (C=O) groups is 2. The lowest BCUT2D eigenvalue weighted by atomic mass is 10.1. The molecule has 2 aliphatic rings. The molecule has 1 aromatic carbocycles. The second-order valence-corrected chi connectivity index (χ2v) is 6.77. The summed E-state index contributed by atoms with van der Waals surface area (Å²) < 4.78 is 5.19. The van der Waals surface area contributed by atoms with E-state index in [1.165, 1.54) is 0 Å². The van der Waals surface area contributed by atoms with E-state index in [0.717, 1.165) is 24.2 Å². The van der Waals surface area contributed by atoms with Crippen LogP contribution in [-0.2, 0) is 13.0 Å². The number of ether oxygens (including phenoxy) is 1. The van der Waals surface area contributed by atoms with Crippen LogP contribution in [0.25, 0.3) is 0 Å². The van der Waals surface area contributed by atoms with E-state index in [1.54, 1.807) is 35.1 Å². The molecule has 0 bridgehead atoms. The lowest BCUT2D eigenvalue weighted by Crippen LogP contribution is -2.50. The van der Waals surface area contributed by atoms with Gasteiger partial charge in [0.25, 0.3) is 11.8 Å². The summed E-state index contributed by atoms with van der Waals surface area (Å²) in [6.45, 7) is 3.58. The van der Waals surface area contributed by atoms with Crippen molar-refractivity contribution < 1.29 is 14.3 Å². The molecule has 0 saturated carbocycles. The van der Waals surface area contributed by atoms with E-state index in [2.05, 4.69) is 15.5 Å². The Balaban J connectivity index is 0.00000225. The number of halogens is 1. The van der Waals surface area contributed by atoms with E-state index >= 15 is 0 Å². The van der Waals surface area contributed by atoms with Crippen molar-refractivity contribution in [3.05, 3.63) is 46.8 Å². The van der Waals surface area contributed by atoms with Crippen LogP contribution in [0.1, 0.15) is 32.1 Å². The summed E-state index contributed by atoms with van der Waals surface area (Å²) in [5.74, 6) is 0.554. The molecule has 2 aliphatic heterocycles. The number of amides is 2. The molecule has 0 unspecified atom stereocenters. The zero-order chi connectivity index (χ0) is 18.8. The molecule has 28 heavy (non-hydrogen) atoms. The molecule has 8 nitrogen and oxygen atoms in total. The van der Waals surface area contributed by atoms with Gasteiger partial charge < -0.3 is 19.9 Å². The number of benzene rings is 1. The summed E-state index contributed by atoms with van der Waals surface area (Å²) >= 11 is 0. The molecule has 3 heterocycles. The Kier molecular flexibility index (Phi) is 6.21. The molecule has 1 saturated heterocycles. The van der Waals surface area contributed by atoms with Gasteiger partial charge in [0.1, 0.15) is 5.75 Å². The van der Waals surface area contributed by atoms with Crippen molar-refractivity contribution in [2.75, 3.05) is 39.8 Å². The predicted octanol–water partition coefficient (Wildman–Crippen LogP) is 1.08. The highest BCUT2D eigenvalue weighted by molar-refractivity contribution is 5.96. The molecule has 2 amide bonds. The van der Waals surface area contributed by atoms with E-state index < -0.39 is 0 Å². The molecule has 150 valence electrons. The number of methoxy groups -OCH3 is 1. The number of piperazine rings is 1. The molecule has 9 heteroatoms. The van der Waals surface area contributed by atoms with Gasteiger partial charge in [-0.25, -0.2) is 0 Å². The average Bonchev–Trinajstić information content (AvgIpc) is 3.17. The fourth-order valence-electron chi connectivity index (χ4n) is 3.60. The van der Waals surface area contributed by atoms with Crippen molar-refractivity contribution in [3.8, 4) is 5.75 Å². The van der Waals surface area contributed by atoms with Crippen LogP contribution in [0.5, 0.6) is 5.75 Å². The van der Waals surface area contributed by atoms with Crippen LogP contribution < -0.4 is 10.1 Å². The fourth-order valence-corrected chi connectivity index (χ4v) is 3.60. The predicted molar refractivity (Wildman–Crippen MR) is 106 cm³/mol. The highest BCUT2D eigenvalue weighted by Crippen LogP contribution is 2.19. The molecule has 1 fully saturated rings. The van der Waals surface area contributed by atoms with Gasteiger partial charge in [0.2, 0.25) is 0 Å². The Morgan fingerprint density at radius 3 is 2.54 bits per heavy atom. The van der Waals surface area contributed by atoms with Crippen molar-refractivity contribution in [2.45, 2.75) is 13.0 Å². The van der Waals surface area contributed by atoms with Gasteiger partial charge in [0.15, 0.2) is 5.69 Å². The van der Waals surface area contributed by atoms with Gasteiger partial charge in [-0.3, -0.25) is 14.7 Å². The molecule has 0 radical (unpaired) electrons. The van der Waals surface area contributed by atoms with Gasteiger partial charge in [-0.1, -0.05) is 6.07 Å². The van der Waals surface area contributed by atoms with E-state index in [1.807, 2.05) is 6.07 Å². The van der Waals surface area contributed by atoms with E-state index in [0.29, 0.717) is 49.7 Å². The average molecular weight is 406 g/mol. The first kappa shape index (κ1) is 20.2. The maximum Gasteiger partial charge on any atom is 0.274 e. The normalized spacial score (nSPS) is 16.2. The number of aromatic nitrogens is 2. The number of nitrogens with zero attached hydrogens (tertiary/aromatic N) is 3. The van der Waals surface area contributed by atoms with Crippen LogP contribution >= 0.6 is 12.4 Å². The van der Waals surface area contributed by atoms with Crippen LogP contribution in [0.3, 0.4) is 0 Å². The summed E-state index contributed by atoms with van der Waals surface area (Å²) in [4.78, 5) is 29.1. The third-order valence-corrected chi connectivity index (χ3v) is 5.18. The zero-order valence-electron chi connectivity index (χ0n) is 15.7. The number of hydrogen-bond acceptors (Lipinski definition) is 5. The summed E-state index contributed by atoms with van der Waals surface area (Å²) in [6.07, 6.45) is 0.860. The van der Waals surface area contributed by atoms with Crippen LogP contribution in [0.2, 0.25) is 0 Å². The largest absolute Gasteiger partial charge is 0.497 e. The minimum atomic E-state index is -0.0651. The van der Waals surface area contributed by atoms with Crippen molar-refractivity contribution in [1.82, 2.24) is 25.3 Å². The quantitative estimate of drug-likeness (QED) is 0.797. The second-order valence-electron chi connectivity index (χ2n) is 6.77. The summed E-state index contributed by atoms with van der Waals surface area (Å²) in [5, 5.41) is 10.5. The van der Waals surface area contributed by atoms with Gasteiger partial charge in [0.05, 0.1) is 7.11 Å². The lowest BCUT2D eigenvalue weighted by Gasteiger charge is -2.34. The monoisotopic (exact) mass is 405 g/mol. The Labute approximate surface area is 169 Å². The number of carbonyl (C=O) groups excluding carboxylic acids is 2. The molecule has 1 aromatic heterocycles. The van der Waals surface area contributed by atoms with Crippen molar-refractivity contribution in [3.63, 3.8) is 0 Å². The number of aromatic amines is 1. The number of H-pyrrole nitrogens is 1. The highest BCUT2D eigenvalue weighted by atomic mass is 35.5. The number of fused-ring (bicyclic) bond motifs is 1. The SMILES string of the molecule is COc1cccc(C(=O)N2CCN(C(=O)c3n[nH]c4c3CNCC4)CC2)c1.Cl. The number of nitrogens with one attached hydrogen (secondary N) is 2. The highest BCUT2D eigenvalue weighted by Gasteiger charge is 2.29. The molecular weight excluding hydrogens is 382 g/mol. The third-order valence-electron chi connectivity index (χ3n) is 5.18. The standard InChI is InChI=1S/C19H23N5O3.ClH/c1-27-14-4-2-3-13(11-14)18(25)23-7-9-24(10-8-23)19(26)17-15-12-20-6-5-16(15)21-22-17;/h2-4,11,20H,5-10,12H2,1H3,(H,21,22);1H. The topological polar surface area (TPSA) is 90.6 Å². The minimum Gasteiger partial charge on any atom is -0.497 e. The lowest BCUT2D eigenvalue weighted by molar-refractivity contribution is 0.0531. The minimum absolute atomic E-state index is 0. The maximum atomic E-state index is 12.9. The summed E-state index contributed by atoms with van der Waals surface area (Å²) in [7, 11) is 1.58. The Hall–Kier alpha value is -2.58. The van der Waals surface area contributed by atoms with Crippen LogP contribution in [0.15, 0.2) is 24.3 Å². The van der Waals surface area contributed by atoms with Gasteiger partial charge in [0, 0.05) is 62.5 Å². The fraction of sp³-hybridized carbons (Fsp3) is 0.421. The first-order valence-corrected chi connectivity index (χ1v) is 9.17. The van der Waals surface area contributed by atoms with E-state index in [-0.39, 0.29) is 24.2 Å². The van der Waals surface area contributed by atoms with Crippen molar-refractivity contribution >= 4 is 24.2 Å².